The molecular weight excluding hydrogens is 286 g/mol. The predicted molar refractivity (Wildman–Crippen MR) is 93.7 cm³/mol. The van der Waals surface area contributed by atoms with Gasteiger partial charge in [-0.2, -0.15) is 5.10 Å². The highest BCUT2D eigenvalue weighted by Gasteiger charge is 2.42. The van der Waals surface area contributed by atoms with Crippen LogP contribution in [0.25, 0.3) is 11.0 Å². The van der Waals surface area contributed by atoms with Crippen LogP contribution in [0.5, 0.6) is 0 Å². The number of likely N-dealkylation sites (tertiary alicyclic amines) is 1. The first-order valence-corrected chi connectivity index (χ1v) is 8.79. The van der Waals surface area contributed by atoms with Crippen LogP contribution in [0, 0.1) is 11.3 Å². The van der Waals surface area contributed by atoms with Gasteiger partial charge in [-0.15, -0.1) is 0 Å². The Morgan fingerprint density at radius 1 is 1.22 bits per heavy atom. The molecule has 2 aromatic heterocycles. The van der Waals surface area contributed by atoms with Crippen LogP contribution in [-0.4, -0.2) is 52.9 Å². The standard InChI is InChI=1S/C18H27N5/c1-14-12-23(10-7-18(14)6-4-9-21(2)13-18)16-5-8-19-17-15(16)11-20-22(17)3/h5,8,11,14H,4,6-7,9-10,12-13H2,1-3H3. The maximum atomic E-state index is 4.48. The molecule has 2 aliphatic heterocycles. The van der Waals surface area contributed by atoms with Crippen LogP contribution in [0.2, 0.25) is 0 Å². The molecule has 0 radical (unpaired) electrons. The summed E-state index contributed by atoms with van der Waals surface area (Å²) in [5.41, 5.74) is 2.80. The maximum Gasteiger partial charge on any atom is 0.159 e. The molecule has 0 aromatic carbocycles. The Labute approximate surface area is 138 Å². The lowest BCUT2D eigenvalue weighted by molar-refractivity contribution is 0.0370. The van der Waals surface area contributed by atoms with Gasteiger partial charge in [0, 0.05) is 32.9 Å². The van der Waals surface area contributed by atoms with Crippen LogP contribution in [-0.2, 0) is 7.05 Å². The number of piperidine rings is 2. The van der Waals surface area contributed by atoms with E-state index in [2.05, 4.69) is 39.9 Å². The van der Waals surface area contributed by atoms with Crippen LogP contribution in [0.15, 0.2) is 18.5 Å². The van der Waals surface area contributed by atoms with Gasteiger partial charge < -0.3 is 9.80 Å². The molecule has 124 valence electrons. The maximum absolute atomic E-state index is 4.48. The summed E-state index contributed by atoms with van der Waals surface area (Å²) in [6.45, 7) is 7.26. The molecular formula is C18H27N5. The average molecular weight is 313 g/mol. The number of pyridine rings is 1. The second-order valence-electron chi connectivity index (χ2n) is 7.64. The van der Waals surface area contributed by atoms with Crippen molar-refractivity contribution in [1.29, 1.82) is 0 Å². The van der Waals surface area contributed by atoms with E-state index in [1.165, 1.54) is 43.4 Å². The molecule has 1 spiro atoms. The van der Waals surface area contributed by atoms with Crippen LogP contribution in [0.4, 0.5) is 5.69 Å². The van der Waals surface area contributed by atoms with Gasteiger partial charge in [-0.3, -0.25) is 4.68 Å². The van der Waals surface area contributed by atoms with Crippen LogP contribution in [0.1, 0.15) is 26.2 Å². The summed E-state index contributed by atoms with van der Waals surface area (Å²) in [4.78, 5) is 9.56. The molecule has 4 heterocycles. The van der Waals surface area contributed by atoms with E-state index < -0.39 is 0 Å². The molecule has 5 heteroatoms. The smallest absolute Gasteiger partial charge is 0.159 e. The van der Waals surface area contributed by atoms with Gasteiger partial charge in [0.1, 0.15) is 0 Å². The Bertz CT molecular complexity index is 708. The largest absolute Gasteiger partial charge is 0.371 e. The minimum Gasteiger partial charge on any atom is -0.371 e. The molecule has 2 unspecified atom stereocenters. The van der Waals surface area contributed by atoms with Gasteiger partial charge in [0.15, 0.2) is 5.65 Å². The van der Waals surface area contributed by atoms with Gasteiger partial charge in [-0.1, -0.05) is 6.92 Å². The first kappa shape index (κ1) is 14.9. The fourth-order valence-corrected chi connectivity index (χ4v) is 4.75. The summed E-state index contributed by atoms with van der Waals surface area (Å²) in [7, 11) is 4.24. The summed E-state index contributed by atoms with van der Waals surface area (Å²) in [5, 5.41) is 5.56. The molecule has 0 N–H and O–H groups in total. The van der Waals surface area contributed by atoms with Crippen molar-refractivity contribution in [2.45, 2.75) is 26.2 Å². The molecule has 2 saturated heterocycles. The van der Waals surface area contributed by atoms with Gasteiger partial charge in [-0.25, -0.2) is 4.98 Å². The molecule has 2 aromatic rings. The van der Waals surface area contributed by atoms with Crippen molar-refractivity contribution in [3.8, 4) is 0 Å². The number of anilines is 1. The third kappa shape index (κ3) is 2.42. The Morgan fingerprint density at radius 2 is 2.09 bits per heavy atom. The first-order valence-electron chi connectivity index (χ1n) is 8.79. The number of fused-ring (bicyclic) bond motifs is 1. The summed E-state index contributed by atoms with van der Waals surface area (Å²) in [6.07, 6.45) is 7.92. The van der Waals surface area contributed by atoms with Gasteiger partial charge >= 0.3 is 0 Å². The van der Waals surface area contributed by atoms with E-state index in [-0.39, 0.29) is 0 Å². The number of hydrogen-bond acceptors (Lipinski definition) is 4. The summed E-state index contributed by atoms with van der Waals surface area (Å²) < 4.78 is 1.86. The SMILES string of the molecule is CC1CN(c2ccnc3c2cnn3C)CCC12CCCN(C)C2. The van der Waals surface area contributed by atoms with Crippen molar-refractivity contribution in [3.05, 3.63) is 18.5 Å². The number of aromatic nitrogens is 3. The molecule has 23 heavy (non-hydrogen) atoms. The van der Waals surface area contributed by atoms with E-state index in [4.69, 9.17) is 0 Å². The first-order chi connectivity index (χ1) is 11.1. The van der Waals surface area contributed by atoms with Crippen molar-refractivity contribution in [2.24, 2.45) is 18.4 Å². The monoisotopic (exact) mass is 313 g/mol. The Kier molecular flexibility index (Phi) is 3.56. The van der Waals surface area contributed by atoms with Gasteiger partial charge in [0.25, 0.3) is 0 Å². The minimum atomic E-state index is 0.518. The zero-order valence-electron chi connectivity index (χ0n) is 14.5. The molecule has 0 amide bonds. The Hall–Kier alpha value is -1.62. The summed E-state index contributed by atoms with van der Waals surface area (Å²) in [5.74, 6) is 0.721. The second kappa shape index (κ2) is 5.48. The van der Waals surface area contributed by atoms with Crippen molar-refractivity contribution in [2.75, 3.05) is 38.1 Å². The minimum absolute atomic E-state index is 0.518. The normalized spacial score (nSPS) is 29.5. The predicted octanol–water partition coefficient (Wildman–Crippen LogP) is 2.53. The second-order valence-corrected chi connectivity index (χ2v) is 7.64. The van der Waals surface area contributed by atoms with Gasteiger partial charge in [0.05, 0.1) is 17.3 Å². The van der Waals surface area contributed by atoms with Crippen LogP contribution >= 0.6 is 0 Å². The number of aryl methyl sites for hydroxylation is 1. The molecule has 4 rings (SSSR count). The molecule has 2 fully saturated rings. The third-order valence-electron chi connectivity index (χ3n) is 6.17. The van der Waals surface area contributed by atoms with E-state index in [1.54, 1.807) is 0 Å². The zero-order chi connectivity index (χ0) is 16.0. The van der Waals surface area contributed by atoms with Crippen molar-refractivity contribution >= 4 is 16.7 Å². The van der Waals surface area contributed by atoms with Crippen LogP contribution < -0.4 is 4.90 Å². The van der Waals surface area contributed by atoms with E-state index in [0.717, 1.165) is 24.7 Å². The van der Waals surface area contributed by atoms with Crippen molar-refractivity contribution in [1.82, 2.24) is 19.7 Å². The lowest BCUT2D eigenvalue weighted by Crippen LogP contribution is -2.53. The fraction of sp³-hybridized carbons (Fsp3) is 0.667. The quantitative estimate of drug-likeness (QED) is 0.811. The molecule has 0 bridgehead atoms. The van der Waals surface area contributed by atoms with Crippen molar-refractivity contribution < 1.29 is 0 Å². The van der Waals surface area contributed by atoms with Crippen LogP contribution in [0.3, 0.4) is 0 Å². The molecule has 2 aliphatic rings. The summed E-state index contributed by atoms with van der Waals surface area (Å²) >= 11 is 0. The van der Waals surface area contributed by atoms with E-state index in [0.29, 0.717) is 5.41 Å². The van der Waals surface area contributed by atoms with Crippen molar-refractivity contribution in [3.63, 3.8) is 0 Å². The lowest BCUT2D eigenvalue weighted by Gasteiger charge is -2.51. The Morgan fingerprint density at radius 3 is 2.87 bits per heavy atom. The third-order valence-corrected chi connectivity index (χ3v) is 6.17. The highest BCUT2D eigenvalue weighted by molar-refractivity contribution is 5.89. The number of rotatable bonds is 1. The molecule has 5 nitrogen and oxygen atoms in total. The molecule has 2 atom stereocenters. The fourth-order valence-electron chi connectivity index (χ4n) is 4.75. The van der Waals surface area contributed by atoms with Gasteiger partial charge in [-0.05, 0) is 50.3 Å². The number of hydrogen-bond donors (Lipinski definition) is 0. The lowest BCUT2D eigenvalue weighted by atomic mass is 9.66. The van der Waals surface area contributed by atoms with E-state index in [1.807, 2.05) is 24.1 Å². The zero-order valence-corrected chi connectivity index (χ0v) is 14.5. The van der Waals surface area contributed by atoms with Gasteiger partial charge in [0.2, 0.25) is 0 Å². The highest BCUT2D eigenvalue weighted by atomic mass is 15.3. The van der Waals surface area contributed by atoms with E-state index >= 15 is 0 Å². The topological polar surface area (TPSA) is 37.2 Å². The van der Waals surface area contributed by atoms with E-state index in [9.17, 15) is 0 Å². The summed E-state index contributed by atoms with van der Waals surface area (Å²) in [6, 6.07) is 2.15. The molecule has 0 aliphatic carbocycles. The highest BCUT2D eigenvalue weighted by Crippen LogP contribution is 2.44. The molecule has 0 saturated carbocycles. The average Bonchev–Trinajstić information content (AvgIpc) is 2.92. The number of nitrogens with zero attached hydrogens (tertiary/aromatic N) is 5. The Balaban J connectivity index is 1.60.